The molecule has 5 heteroatoms. The van der Waals surface area contributed by atoms with Gasteiger partial charge in [0.2, 0.25) is 6.29 Å². The van der Waals surface area contributed by atoms with Gasteiger partial charge in [-0.25, -0.2) is 8.78 Å². The Morgan fingerprint density at radius 2 is 1.96 bits per heavy atom. The normalized spacial score (nSPS) is 20.0. The first-order valence-electron chi connectivity index (χ1n) is 8.48. The first kappa shape index (κ1) is 18.2. The van der Waals surface area contributed by atoms with E-state index in [-0.39, 0.29) is 5.92 Å². The van der Waals surface area contributed by atoms with E-state index in [0.717, 1.165) is 18.6 Å². The third-order valence-electron chi connectivity index (χ3n) is 3.88. The molecule has 1 aliphatic heterocycles. The molecule has 3 nitrogen and oxygen atoms in total. The molecule has 0 bridgehead atoms. The van der Waals surface area contributed by atoms with E-state index in [9.17, 15) is 8.78 Å². The maximum atomic E-state index is 13.3. The SMILES string of the molecule is CCC=CC1COC(C#Cc2ccc(-c3ccc(F)c(F)c3)nc2)OC1. The highest BCUT2D eigenvalue weighted by Gasteiger charge is 2.18. The first-order chi connectivity index (χ1) is 12.7. The van der Waals surface area contributed by atoms with Crippen LogP contribution < -0.4 is 0 Å². The lowest BCUT2D eigenvalue weighted by molar-refractivity contribution is -0.160. The summed E-state index contributed by atoms with van der Waals surface area (Å²) in [6.45, 7) is 3.26. The van der Waals surface area contributed by atoms with Gasteiger partial charge in [0.05, 0.1) is 18.9 Å². The summed E-state index contributed by atoms with van der Waals surface area (Å²) >= 11 is 0. The molecule has 134 valence electrons. The minimum Gasteiger partial charge on any atom is -0.341 e. The predicted molar refractivity (Wildman–Crippen MR) is 95.1 cm³/mol. The summed E-state index contributed by atoms with van der Waals surface area (Å²) in [6.07, 6.45) is 6.23. The van der Waals surface area contributed by atoms with Crippen LogP contribution in [0.2, 0.25) is 0 Å². The molecule has 0 aliphatic carbocycles. The van der Waals surface area contributed by atoms with Gasteiger partial charge in [0.25, 0.3) is 0 Å². The van der Waals surface area contributed by atoms with Crippen LogP contribution in [-0.4, -0.2) is 24.5 Å². The number of ether oxygens (including phenoxy) is 2. The van der Waals surface area contributed by atoms with Gasteiger partial charge in [-0.1, -0.05) is 25.0 Å². The average Bonchev–Trinajstić information content (AvgIpc) is 2.68. The van der Waals surface area contributed by atoms with Crippen molar-refractivity contribution in [2.45, 2.75) is 19.6 Å². The third kappa shape index (κ3) is 4.75. The standard InChI is InChI=1S/C21H19F2NO2/c1-2-3-4-16-13-25-21(26-14-16)10-6-15-5-9-20(24-12-15)17-7-8-18(22)19(23)11-17/h3-5,7-9,11-12,16,21H,2,13-14H2,1H3. The zero-order valence-electron chi connectivity index (χ0n) is 14.4. The van der Waals surface area contributed by atoms with Crippen LogP contribution in [-0.2, 0) is 9.47 Å². The predicted octanol–water partition coefficient (Wildman–Crippen LogP) is 4.33. The molecule has 1 aliphatic rings. The summed E-state index contributed by atoms with van der Waals surface area (Å²) in [5.74, 6) is 4.37. The fraction of sp³-hybridized carbons (Fsp3) is 0.286. The molecule has 1 saturated heterocycles. The molecule has 0 atom stereocenters. The lowest BCUT2D eigenvalue weighted by atomic mass is 10.1. The number of allylic oxidation sites excluding steroid dienone is 1. The molecule has 0 radical (unpaired) electrons. The summed E-state index contributed by atoms with van der Waals surface area (Å²) in [5.41, 5.74) is 1.75. The number of rotatable bonds is 3. The van der Waals surface area contributed by atoms with Crippen molar-refractivity contribution < 1.29 is 18.3 Å². The Balaban J connectivity index is 1.61. The van der Waals surface area contributed by atoms with E-state index in [1.807, 2.05) is 0 Å². The van der Waals surface area contributed by atoms with E-state index < -0.39 is 17.9 Å². The van der Waals surface area contributed by atoms with E-state index in [1.165, 1.54) is 6.07 Å². The Morgan fingerprint density at radius 3 is 2.62 bits per heavy atom. The highest BCUT2D eigenvalue weighted by atomic mass is 19.2. The smallest absolute Gasteiger partial charge is 0.222 e. The third-order valence-corrected chi connectivity index (χ3v) is 3.88. The van der Waals surface area contributed by atoms with Crippen molar-refractivity contribution in [1.29, 1.82) is 0 Å². The number of benzene rings is 1. The number of pyridine rings is 1. The van der Waals surface area contributed by atoms with Gasteiger partial charge < -0.3 is 9.47 Å². The number of hydrogen-bond acceptors (Lipinski definition) is 3. The number of hydrogen-bond donors (Lipinski definition) is 0. The van der Waals surface area contributed by atoms with Crippen LogP contribution in [0.4, 0.5) is 8.78 Å². The van der Waals surface area contributed by atoms with Gasteiger partial charge >= 0.3 is 0 Å². The zero-order chi connectivity index (χ0) is 18.4. The van der Waals surface area contributed by atoms with Crippen LogP contribution in [0.1, 0.15) is 18.9 Å². The Kier molecular flexibility index (Phi) is 6.11. The van der Waals surface area contributed by atoms with E-state index in [0.29, 0.717) is 30.0 Å². The van der Waals surface area contributed by atoms with Crippen LogP contribution in [0.25, 0.3) is 11.3 Å². The summed E-state index contributed by atoms with van der Waals surface area (Å²) in [6, 6.07) is 7.17. The van der Waals surface area contributed by atoms with Gasteiger partial charge in [-0.3, -0.25) is 4.98 Å². The van der Waals surface area contributed by atoms with Crippen LogP contribution >= 0.6 is 0 Å². The van der Waals surface area contributed by atoms with Crippen molar-refractivity contribution in [2.24, 2.45) is 5.92 Å². The molecule has 1 fully saturated rings. The second-order valence-corrected chi connectivity index (χ2v) is 5.93. The Bertz CT molecular complexity index is 829. The highest BCUT2D eigenvalue weighted by Crippen LogP contribution is 2.19. The monoisotopic (exact) mass is 355 g/mol. The van der Waals surface area contributed by atoms with Crippen LogP contribution in [0.3, 0.4) is 0 Å². The molecule has 0 unspecified atom stereocenters. The minimum atomic E-state index is -0.896. The Hall–Kier alpha value is -2.55. The largest absolute Gasteiger partial charge is 0.341 e. The van der Waals surface area contributed by atoms with Crippen LogP contribution in [0.5, 0.6) is 0 Å². The molecule has 0 spiro atoms. The Morgan fingerprint density at radius 1 is 1.15 bits per heavy atom. The molecule has 2 aromatic rings. The van der Waals surface area contributed by atoms with Crippen molar-refractivity contribution in [3.05, 3.63) is 65.9 Å². The van der Waals surface area contributed by atoms with Gasteiger partial charge in [0.15, 0.2) is 11.6 Å². The molecular formula is C21H19F2NO2. The first-order valence-corrected chi connectivity index (χ1v) is 8.48. The molecule has 26 heavy (non-hydrogen) atoms. The van der Waals surface area contributed by atoms with Crippen molar-refractivity contribution >= 4 is 0 Å². The summed E-state index contributed by atoms with van der Waals surface area (Å²) < 4.78 is 37.5. The van der Waals surface area contributed by atoms with Crippen molar-refractivity contribution in [1.82, 2.24) is 4.98 Å². The van der Waals surface area contributed by atoms with E-state index in [4.69, 9.17) is 9.47 Å². The second kappa shape index (κ2) is 8.70. The molecule has 3 rings (SSSR count). The number of nitrogens with zero attached hydrogens (tertiary/aromatic N) is 1. The van der Waals surface area contributed by atoms with E-state index in [1.54, 1.807) is 18.3 Å². The van der Waals surface area contributed by atoms with Gasteiger partial charge in [-0.05, 0) is 42.7 Å². The number of halogens is 2. The minimum absolute atomic E-state index is 0.269. The highest BCUT2D eigenvalue weighted by molar-refractivity contribution is 5.59. The van der Waals surface area contributed by atoms with Crippen molar-refractivity contribution in [3.8, 4) is 23.1 Å². The molecule has 1 aromatic carbocycles. The van der Waals surface area contributed by atoms with Gasteiger partial charge in [-0.2, -0.15) is 0 Å². The average molecular weight is 355 g/mol. The quantitative estimate of drug-likeness (QED) is 0.606. The molecule has 1 aromatic heterocycles. The molecule has 2 heterocycles. The topological polar surface area (TPSA) is 31.4 Å². The molecule has 0 saturated carbocycles. The summed E-state index contributed by atoms with van der Waals surface area (Å²) in [7, 11) is 0. The van der Waals surface area contributed by atoms with Gasteiger partial charge in [0.1, 0.15) is 0 Å². The summed E-state index contributed by atoms with van der Waals surface area (Å²) in [5, 5.41) is 0. The van der Waals surface area contributed by atoms with Crippen LogP contribution in [0.15, 0.2) is 48.7 Å². The zero-order valence-corrected chi connectivity index (χ0v) is 14.4. The lowest BCUT2D eigenvalue weighted by Gasteiger charge is -2.24. The second-order valence-electron chi connectivity index (χ2n) is 5.93. The fourth-order valence-corrected chi connectivity index (χ4v) is 2.48. The van der Waals surface area contributed by atoms with Gasteiger partial charge in [0, 0.05) is 23.2 Å². The summed E-state index contributed by atoms with van der Waals surface area (Å²) in [4.78, 5) is 4.25. The maximum absolute atomic E-state index is 13.3. The number of aromatic nitrogens is 1. The van der Waals surface area contributed by atoms with E-state index >= 15 is 0 Å². The maximum Gasteiger partial charge on any atom is 0.222 e. The lowest BCUT2D eigenvalue weighted by Crippen LogP contribution is -2.30. The Labute approximate surface area is 151 Å². The van der Waals surface area contributed by atoms with E-state index in [2.05, 4.69) is 35.9 Å². The molecule has 0 amide bonds. The molecule has 0 N–H and O–H groups in total. The van der Waals surface area contributed by atoms with Gasteiger partial charge in [-0.15, -0.1) is 0 Å². The fourth-order valence-electron chi connectivity index (χ4n) is 2.48. The van der Waals surface area contributed by atoms with Crippen molar-refractivity contribution in [2.75, 3.05) is 13.2 Å². The molecular weight excluding hydrogens is 336 g/mol. The van der Waals surface area contributed by atoms with Crippen molar-refractivity contribution in [3.63, 3.8) is 0 Å². The van der Waals surface area contributed by atoms with Crippen LogP contribution in [0, 0.1) is 29.4 Å².